The highest BCUT2D eigenvalue weighted by molar-refractivity contribution is 6.02. The number of rotatable bonds is 6. The number of amides is 1. The summed E-state index contributed by atoms with van der Waals surface area (Å²) in [7, 11) is 0. The average Bonchev–Trinajstić information content (AvgIpc) is 2.79. The standard InChI is InChI=1S/C27H25NO3/c1-18(16-23-12-7-11-21-9-5-6-13-25(21)23)26(29)28(19(2)27(30)31)24-15-14-20-8-3-4-10-22(20)17-24/h3-15,17-19H,16H2,1-2H3,(H,30,31). The zero-order chi connectivity index (χ0) is 22.0. The summed E-state index contributed by atoms with van der Waals surface area (Å²) >= 11 is 0. The van der Waals surface area contributed by atoms with Gasteiger partial charge in [0.2, 0.25) is 5.91 Å². The maximum Gasteiger partial charge on any atom is 0.326 e. The fourth-order valence-corrected chi connectivity index (χ4v) is 4.10. The van der Waals surface area contributed by atoms with Gasteiger partial charge in [-0.15, -0.1) is 0 Å². The fourth-order valence-electron chi connectivity index (χ4n) is 4.10. The molecular weight excluding hydrogens is 386 g/mol. The Balaban J connectivity index is 1.68. The smallest absolute Gasteiger partial charge is 0.326 e. The van der Waals surface area contributed by atoms with E-state index in [0.717, 1.165) is 27.1 Å². The second-order valence-electron chi connectivity index (χ2n) is 8.00. The number of aliphatic carboxylic acids is 1. The molecule has 4 nitrogen and oxygen atoms in total. The first kappa shape index (κ1) is 20.6. The van der Waals surface area contributed by atoms with Crippen molar-refractivity contribution in [2.75, 3.05) is 4.90 Å². The van der Waals surface area contributed by atoms with Gasteiger partial charge in [-0.25, -0.2) is 4.79 Å². The van der Waals surface area contributed by atoms with Gasteiger partial charge < -0.3 is 5.11 Å². The van der Waals surface area contributed by atoms with E-state index in [1.54, 1.807) is 6.92 Å². The minimum Gasteiger partial charge on any atom is -0.480 e. The van der Waals surface area contributed by atoms with Crippen LogP contribution < -0.4 is 4.90 Å². The van der Waals surface area contributed by atoms with Gasteiger partial charge in [-0.05, 0) is 52.6 Å². The predicted molar refractivity (Wildman–Crippen MR) is 125 cm³/mol. The third kappa shape index (κ3) is 4.15. The lowest BCUT2D eigenvalue weighted by molar-refractivity contribution is -0.140. The average molecular weight is 412 g/mol. The number of anilines is 1. The molecule has 0 aromatic heterocycles. The van der Waals surface area contributed by atoms with E-state index in [0.29, 0.717) is 12.1 Å². The molecule has 0 bridgehead atoms. The number of hydrogen-bond acceptors (Lipinski definition) is 2. The summed E-state index contributed by atoms with van der Waals surface area (Å²) in [5, 5.41) is 14.0. The maximum absolute atomic E-state index is 13.5. The van der Waals surface area contributed by atoms with Gasteiger partial charge in [0.1, 0.15) is 6.04 Å². The van der Waals surface area contributed by atoms with Gasteiger partial charge in [0.15, 0.2) is 0 Å². The van der Waals surface area contributed by atoms with Crippen LogP contribution >= 0.6 is 0 Å². The fraction of sp³-hybridized carbons (Fsp3) is 0.185. The van der Waals surface area contributed by atoms with Gasteiger partial charge in [-0.1, -0.05) is 79.7 Å². The molecule has 4 rings (SSSR count). The topological polar surface area (TPSA) is 57.6 Å². The van der Waals surface area contributed by atoms with Crippen LogP contribution in [0, 0.1) is 5.92 Å². The molecule has 0 aliphatic carbocycles. The largest absolute Gasteiger partial charge is 0.480 e. The Hall–Kier alpha value is -3.66. The summed E-state index contributed by atoms with van der Waals surface area (Å²) in [6.45, 7) is 3.42. The SMILES string of the molecule is CC(Cc1cccc2ccccc12)C(=O)N(c1ccc2ccccc2c1)C(C)C(=O)O. The zero-order valence-electron chi connectivity index (χ0n) is 17.7. The lowest BCUT2D eigenvalue weighted by Gasteiger charge is -2.30. The van der Waals surface area contributed by atoms with Crippen molar-refractivity contribution in [3.8, 4) is 0 Å². The summed E-state index contributed by atoms with van der Waals surface area (Å²) in [6, 6.07) is 26.7. The second-order valence-corrected chi connectivity index (χ2v) is 8.00. The number of benzene rings is 4. The van der Waals surface area contributed by atoms with Crippen LogP contribution in [-0.4, -0.2) is 23.0 Å². The number of carboxylic acid groups (broad SMARTS) is 1. The highest BCUT2D eigenvalue weighted by Crippen LogP contribution is 2.27. The van der Waals surface area contributed by atoms with E-state index in [1.165, 1.54) is 4.90 Å². The lowest BCUT2D eigenvalue weighted by atomic mass is 9.94. The Morgan fingerprint density at radius 2 is 1.45 bits per heavy atom. The van der Waals surface area contributed by atoms with Crippen LogP contribution in [0.1, 0.15) is 19.4 Å². The molecule has 0 aliphatic rings. The van der Waals surface area contributed by atoms with E-state index in [9.17, 15) is 14.7 Å². The first-order valence-corrected chi connectivity index (χ1v) is 10.5. The lowest BCUT2D eigenvalue weighted by Crippen LogP contribution is -2.46. The number of nitrogens with zero attached hydrogens (tertiary/aromatic N) is 1. The van der Waals surface area contributed by atoms with Gasteiger partial charge in [-0.2, -0.15) is 0 Å². The molecule has 0 saturated carbocycles. The molecule has 0 heterocycles. The van der Waals surface area contributed by atoms with E-state index in [-0.39, 0.29) is 11.8 Å². The summed E-state index contributed by atoms with van der Waals surface area (Å²) in [6.07, 6.45) is 0.538. The number of carboxylic acids is 1. The van der Waals surface area contributed by atoms with Crippen molar-refractivity contribution in [3.05, 3.63) is 90.5 Å². The maximum atomic E-state index is 13.5. The number of carbonyl (C=O) groups excluding carboxylic acids is 1. The molecule has 4 heteroatoms. The molecule has 4 aromatic carbocycles. The van der Waals surface area contributed by atoms with Crippen LogP contribution in [0.4, 0.5) is 5.69 Å². The van der Waals surface area contributed by atoms with Crippen molar-refractivity contribution in [2.24, 2.45) is 5.92 Å². The van der Waals surface area contributed by atoms with Crippen molar-refractivity contribution in [3.63, 3.8) is 0 Å². The predicted octanol–water partition coefficient (Wildman–Crippen LogP) is 5.68. The number of carbonyl (C=O) groups is 2. The van der Waals surface area contributed by atoms with Crippen LogP contribution in [0.3, 0.4) is 0 Å². The highest BCUT2D eigenvalue weighted by atomic mass is 16.4. The molecule has 0 radical (unpaired) electrons. The molecule has 1 amide bonds. The van der Waals surface area contributed by atoms with Crippen LogP contribution in [0.25, 0.3) is 21.5 Å². The molecule has 0 aliphatic heterocycles. The monoisotopic (exact) mass is 411 g/mol. The van der Waals surface area contributed by atoms with Crippen molar-refractivity contribution < 1.29 is 14.7 Å². The van der Waals surface area contributed by atoms with Crippen molar-refractivity contribution in [1.82, 2.24) is 0 Å². The Labute approximate surface area is 181 Å². The zero-order valence-corrected chi connectivity index (χ0v) is 17.7. The Morgan fingerprint density at radius 3 is 2.19 bits per heavy atom. The van der Waals surface area contributed by atoms with E-state index < -0.39 is 12.0 Å². The van der Waals surface area contributed by atoms with Crippen molar-refractivity contribution in [2.45, 2.75) is 26.3 Å². The van der Waals surface area contributed by atoms with Gasteiger partial charge in [0, 0.05) is 11.6 Å². The van der Waals surface area contributed by atoms with Crippen LogP contribution in [0.15, 0.2) is 84.9 Å². The molecule has 2 unspecified atom stereocenters. The molecule has 1 N–H and O–H groups in total. The van der Waals surface area contributed by atoms with E-state index in [4.69, 9.17) is 0 Å². The Bertz CT molecular complexity index is 1260. The molecule has 31 heavy (non-hydrogen) atoms. The Kier molecular flexibility index (Phi) is 5.72. The molecular formula is C27H25NO3. The third-order valence-electron chi connectivity index (χ3n) is 5.82. The summed E-state index contributed by atoms with van der Waals surface area (Å²) in [5.74, 6) is -1.60. The molecule has 156 valence electrons. The van der Waals surface area contributed by atoms with Crippen molar-refractivity contribution >= 4 is 39.1 Å². The summed E-state index contributed by atoms with van der Waals surface area (Å²) < 4.78 is 0. The van der Waals surface area contributed by atoms with Crippen LogP contribution in [0.5, 0.6) is 0 Å². The molecule has 2 atom stereocenters. The quantitative estimate of drug-likeness (QED) is 0.444. The first-order chi connectivity index (χ1) is 15.0. The van der Waals surface area contributed by atoms with Gasteiger partial charge in [0.05, 0.1) is 0 Å². The molecule has 0 spiro atoms. The first-order valence-electron chi connectivity index (χ1n) is 10.5. The van der Waals surface area contributed by atoms with Crippen molar-refractivity contribution in [1.29, 1.82) is 0 Å². The normalized spacial score (nSPS) is 13.1. The number of hydrogen-bond donors (Lipinski definition) is 1. The van der Waals surface area contributed by atoms with Gasteiger partial charge in [0.25, 0.3) is 0 Å². The third-order valence-corrected chi connectivity index (χ3v) is 5.82. The van der Waals surface area contributed by atoms with Crippen LogP contribution in [-0.2, 0) is 16.0 Å². The molecule has 0 fully saturated rings. The van der Waals surface area contributed by atoms with E-state index in [2.05, 4.69) is 18.2 Å². The summed E-state index contributed by atoms with van der Waals surface area (Å²) in [4.78, 5) is 26.8. The second kappa shape index (κ2) is 8.60. The molecule has 0 saturated heterocycles. The highest BCUT2D eigenvalue weighted by Gasteiger charge is 2.30. The van der Waals surface area contributed by atoms with E-state index >= 15 is 0 Å². The minimum absolute atomic E-state index is 0.196. The summed E-state index contributed by atoms with van der Waals surface area (Å²) in [5.41, 5.74) is 1.68. The Morgan fingerprint density at radius 1 is 0.806 bits per heavy atom. The van der Waals surface area contributed by atoms with Gasteiger partial charge >= 0.3 is 5.97 Å². The van der Waals surface area contributed by atoms with Crippen LogP contribution in [0.2, 0.25) is 0 Å². The molecule has 4 aromatic rings. The van der Waals surface area contributed by atoms with Gasteiger partial charge in [-0.3, -0.25) is 9.69 Å². The number of fused-ring (bicyclic) bond motifs is 2. The minimum atomic E-state index is -1.03. The van der Waals surface area contributed by atoms with E-state index in [1.807, 2.05) is 73.7 Å².